The number of aryl methyl sites for hydroxylation is 1. The molecule has 1 heterocycles. The largest absolute Gasteiger partial charge is 0.480 e. The maximum absolute atomic E-state index is 13.9. The third-order valence-electron chi connectivity index (χ3n) is 3.30. The standard InChI is InChI=1S/C14H16FNO4/c1-9-4-3-5-10(12(9)15)13(19)16-7-14(2,8-16)20-6-11(17)18/h3-5H,6-8H2,1-2H3,(H,17,18). The molecule has 1 amide bonds. The van der Waals surface area contributed by atoms with E-state index in [1.54, 1.807) is 26.0 Å². The van der Waals surface area contributed by atoms with E-state index in [-0.39, 0.29) is 18.7 Å². The van der Waals surface area contributed by atoms with Gasteiger partial charge in [-0.25, -0.2) is 9.18 Å². The van der Waals surface area contributed by atoms with Gasteiger partial charge in [0.1, 0.15) is 18.0 Å². The van der Waals surface area contributed by atoms with E-state index in [0.717, 1.165) is 0 Å². The predicted octanol–water partition coefficient (Wildman–Crippen LogP) is 1.45. The number of benzene rings is 1. The Morgan fingerprint density at radius 2 is 2.10 bits per heavy atom. The van der Waals surface area contributed by atoms with Gasteiger partial charge in [-0.05, 0) is 25.5 Å². The van der Waals surface area contributed by atoms with Crippen LogP contribution in [0.2, 0.25) is 0 Å². The number of carbonyl (C=O) groups is 2. The molecule has 1 aliphatic heterocycles. The van der Waals surface area contributed by atoms with Crippen molar-refractivity contribution < 1.29 is 23.8 Å². The van der Waals surface area contributed by atoms with Crippen molar-refractivity contribution >= 4 is 11.9 Å². The molecule has 5 nitrogen and oxygen atoms in total. The summed E-state index contributed by atoms with van der Waals surface area (Å²) in [6.07, 6.45) is 0. The van der Waals surface area contributed by atoms with E-state index in [2.05, 4.69) is 0 Å². The number of hydrogen-bond acceptors (Lipinski definition) is 3. The summed E-state index contributed by atoms with van der Waals surface area (Å²) in [5, 5.41) is 8.56. The van der Waals surface area contributed by atoms with Crippen LogP contribution in [0.1, 0.15) is 22.8 Å². The third-order valence-corrected chi connectivity index (χ3v) is 3.30. The number of hydrogen-bond donors (Lipinski definition) is 1. The zero-order valence-electron chi connectivity index (χ0n) is 11.4. The quantitative estimate of drug-likeness (QED) is 0.907. The lowest BCUT2D eigenvalue weighted by Crippen LogP contribution is -2.63. The molecule has 0 spiro atoms. The average Bonchev–Trinajstić information content (AvgIpc) is 2.35. The van der Waals surface area contributed by atoms with Gasteiger partial charge in [-0.1, -0.05) is 12.1 Å². The lowest BCUT2D eigenvalue weighted by Gasteiger charge is -2.47. The van der Waals surface area contributed by atoms with E-state index >= 15 is 0 Å². The van der Waals surface area contributed by atoms with Gasteiger partial charge in [0, 0.05) is 0 Å². The molecule has 20 heavy (non-hydrogen) atoms. The molecule has 0 bridgehead atoms. The Bertz CT molecular complexity index is 552. The molecule has 1 saturated heterocycles. The summed E-state index contributed by atoms with van der Waals surface area (Å²) in [6, 6.07) is 4.67. The molecule has 6 heteroatoms. The maximum atomic E-state index is 13.9. The molecule has 1 aromatic rings. The van der Waals surface area contributed by atoms with Crippen LogP contribution in [-0.4, -0.2) is 47.2 Å². The smallest absolute Gasteiger partial charge is 0.329 e. The number of aliphatic carboxylic acids is 1. The van der Waals surface area contributed by atoms with Crippen molar-refractivity contribution in [1.82, 2.24) is 4.90 Å². The first-order valence-electron chi connectivity index (χ1n) is 6.22. The molecular weight excluding hydrogens is 265 g/mol. The van der Waals surface area contributed by atoms with Gasteiger partial charge >= 0.3 is 5.97 Å². The van der Waals surface area contributed by atoms with Crippen LogP contribution >= 0.6 is 0 Å². The van der Waals surface area contributed by atoms with Crippen LogP contribution in [-0.2, 0) is 9.53 Å². The average molecular weight is 281 g/mol. The van der Waals surface area contributed by atoms with E-state index in [1.165, 1.54) is 11.0 Å². The van der Waals surface area contributed by atoms with Gasteiger partial charge in [0.2, 0.25) is 0 Å². The highest BCUT2D eigenvalue weighted by Crippen LogP contribution is 2.27. The number of rotatable bonds is 4. The molecule has 0 unspecified atom stereocenters. The second kappa shape index (κ2) is 5.20. The second-order valence-electron chi connectivity index (χ2n) is 5.23. The fourth-order valence-corrected chi connectivity index (χ4v) is 2.21. The highest BCUT2D eigenvalue weighted by molar-refractivity contribution is 5.95. The van der Waals surface area contributed by atoms with Gasteiger partial charge in [0.15, 0.2) is 0 Å². The molecule has 1 aliphatic rings. The number of halogens is 1. The van der Waals surface area contributed by atoms with Crippen LogP contribution in [0.5, 0.6) is 0 Å². The van der Waals surface area contributed by atoms with Crippen molar-refractivity contribution in [3.05, 3.63) is 35.1 Å². The normalized spacial score (nSPS) is 16.6. The van der Waals surface area contributed by atoms with E-state index < -0.39 is 29.9 Å². The molecule has 2 rings (SSSR count). The summed E-state index contributed by atoms with van der Waals surface area (Å²) in [5.41, 5.74) is -0.222. The van der Waals surface area contributed by atoms with Crippen molar-refractivity contribution in [1.29, 1.82) is 0 Å². The van der Waals surface area contributed by atoms with Gasteiger partial charge < -0.3 is 14.7 Å². The summed E-state index contributed by atoms with van der Waals surface area (Å²) < 4.78 is 19.1. The molecule has 0 saturated carbocycles. The highest BCUT2D eigenvalue weighted by atomic mass is 19.1. The minimum atomic E-state index is -1.05. The Labute approximate surface area is 116 Å². The molecule has 0 radical (unpaired) electrons. The topological polar surface area (TPSA) is 66.8 Å². The van der Waals surface area contributed by atoms with Crippen molar-refractivity contribution in [3.63, 3.8) is 0 Å². The minimum Gasteiger partial charge on any atom is -0.480 e. The SMILES string of the molecule is Cc1cccc(C(=O)N2CC(C)(OCC(=O)O)C2)c1F. The number of ether oxygens (including phenoxy) is 1. The van der Waals surface area contributed by atoms with E-state index in [0.29, 0.717) is 5.56 Å². The summed E-state index contributed by atoms with van der Waals surface area (Å²) >= 11 is 0. The van der Waals surface area contributed by atoms with Gasteiger partial charge in [-0.2, -0.15) is 0 Å². The Hall–Kier alpha value is -1.95. The molecular formula is C14H16FNO4. The Kier molecular flexibility index (Phi) is 3.76. The fourth-order valence-electron chi connectivity index (χ4n) is 2.21. The Morgan fingerprint density at radius 1 is 1.45 bits per heavy atom. The second-order valence-corrected chi connectivity index (χ2v) is 5.23. The summed E-state index contributed by atoms with van der Waals surface area (Å²) in [6.45, 7) is 3.44. The lowest BCUT2D eigenvalue weighted by molar-refractivity contribution is -0.159. The Balaban J connectivity index is 2.00. The van der Waals surface area contributed by atoms with Crippen LogP contribution in [0.4, 0.5) is 4.39 Å². The summed E-state index contributed by atoms with van der Waals surface area (Å²) in [7, 11) is 0. The molecule has 0 atom stereocenters. The van der Waals surface area contributed by atoms with E-state index in [9.17, 15) is 14.0 Å². The third kappa shape index (κ3) is 2.80. The summed E-state index contributed by atoms with van der Waals surface area (Å²) in [4.78, 5) is 24.0. The summed E-state index contributed by atoms with van der Waals surface area (Å²) in [5.74, 6) is -1.97. The predicted molar refractivity (Wildman–Crippen MR) is 69.0 cm³/mol. The molecule has 0 aromatic heterocycles. The Morgan fingerprint density at radius 3 is 2.70 bits per heavy atom. The maximum Gasteiger partial charge on any atom is 0.329 e. The van der Waals surface area contributed by atoms with Crippen molar-refractivity contribution in [2.45, 2.75) is 19.4 Å². The first-order valence-corrected chi connectivity index (χ1v) is 6.22. The van der Waals surface area contributed by atoms with Gasteiger partial charge in [-0.15, -0.1) is 0 Å². The molecule has 108 valence electrons. The number of likely N-dealkylation sites (tertiary alicyclic amines) is 1. The zero-order valence-corrected chi connectivity index (χ0v) is 11.4. The van der Waals surface area contributed by atoms with E-state index in [4.69, 9.17) is 9.84 Å². The number of amides is 1. The van der Waals surface area contributed by atoms with Crippen molar-refractivity contribution in [3.8, 4) is 0 Å². The van der Waals surface area contributed by atoms with Gasteiger partial charge in [0.25, 0.3) is 5.91 Å². The van der Waals surface area contributed by atoms with Crippen molar-refractivity contribution in [2.75, 3.05) is 19.7 Å². The zero-order chi connectivity index (χ0) is 14.9. The molecule has 1 aromatic carbocycles. The highest BCUT2D eigenvalue weighted by Gasteiger charge is 2.43. The number of carbonyl (C=O) groups excluding carboxylic acids is 1. The monoisotopic (exact) mass is 281 g/mol. The van der Waals surface area contributed by atoms with Gasteiger partial charge in [-0.3, -0.25) is 4.79 Å². The number of carboxylic acids is 1. The van der Waals surface area contributed by atoms with Crippen LogP contribution in [0.3, 0.4) is 0 Å². The van der Waals surface area contributed by atoms with Crippen LogP contribution in [0.25, 0.3) is 0 Å². The van der Waals surface area contributed by atoms with Crippen LogP contribution in [0, 0.1) is 12.7 Å². The van der Waals surface area contributed by atoms with E-state index in [1.807, 2.05) is 0 Å². The fraction of sp³-hybridized carbons (Fsp3) is 0.429. The number of nitrogens with zero attached hydrogens (tertiary/aromatic N) is 1. The number of carboxylic acid groups (broad SMARTS) is 1. The first kappa shape index (κ1) is 14.5. The lowest BCUT2D eigenvalue weighted by atomic mass is 9.95. The van der Waals surface area contributed by atoms with Crippen molar-refractivity contribution in [2.24, 2.45) is 0 Å². The van der Waals surface area contributed by atoms with Crippen LogP contribution < -0.4 is 0 Å². The molecule has 1 fully saturated rings. The minimum absolute atomic E-state index is 0.0327. The molecule has 0 aliphatic carbocycles. The van der Waals surface area contributed by atoms with Crippen LogP contribution in [0.15, 0.2) is 18.2 Å². The first-order chi connectivity index (χ1) is 9.32. The molecule has 1 N–H and O–H groups in total. The van der Waals surface area contributed by atoms with Gasteiger partial charge in [0.05, 0.1) is 18.7 Å².